The van der Waals surface area contributed by atoms with Crippen LogP contribution in [0, 0.1) is 0 Å². The molecular formula is C14H20N2O2. The molecule has 0 aliphatic rings. The van der Waals surface area contributed by atoms with Crippen molar-refractivity contribution in [2.45, 2.75) is 12.8 Å². The minimum absolute atomic E-state index is 0.697. The van der Waals surface area contributed by atoms with Crippen LogP contribution in [0.25, 0.3) is 10.9 Å². The Hall–Kier alpha value is -1.68. The number of hydrogen-bond acceptors (Lipinski definition) is 3. The minimum Gasteiger partial charge on any atom is -0.496 e. The Morgan fingerprint density at radius 3 is 2.44 bits per heavy atom. The zero-order valence-electron chi connectivity index (χ0n) is 11.2. The van der Waals surface area contributed by atoms with Crippen molar-refractivity contribution in [3.8, 4) is 11.5 Å². The van der Waals surface area contributed by atoms with E-state index in [9.17, 15) is 0 Å². The number of aromatic nitrogens is 1. The average molecular weight is 248 g/mol. The Morgan fingerprint density at radius 2 is 1.83 bits per heavy atom. The van der Waals surface area contributed by atoms with Crippen LogP contribution in [0.3, 0.4) is 0 Å². The standard InChI is InChI=1S/C14H20N2O2/c1-16-9-10(5-4-8-15)13-11(17-2)6-7-12(18-3)14(13)16/h6-7,9H,4-5,8,15H2,1-3H3. The third-order valence-electron chi connectivity index (χ3n) is 3.22. The molecule has 4 heteroatoms. The minimum atomic E-state index is 0.697. The summed E-state index contributed by atoms with van der Waals surface area (Å²) >= 11 is 0. The van der Waals surface area contributed by atoms with Gasteiger partial charge in [0.25, 0.3) is 0 Å². The lowest BCUT2D eigenvalue weighted by atomic mass is 10.1. The molecule has 0 aliphatic carbocycles. The van der Waals surface area contributed by atoms with Crippen LogP contribution < -0.4 is 15.2 Å². The molecular weight excluding hydrogens is 228 g/mol. The van der Waals surface area contributed by atoms with Crippen LogP contribution in [0.5, 0.6) is 11.5 Å². The summed E-state index contributed by atoms with van der Waals surface area (Å²) in [6, 6.07) is 3.89. The molecule has 2 rings (SSSR count). The number of benzene rings is 1. The fourth-order valence-electron chi connectivity index (χ4n) is 2.39. The van der Waals surface area contributed by atoms with E-state index in [0.717, 1.165) is 35.2 Å². The van der Waals surface area contributed by atoms with Gasteiger partial charge in [-0.05, 0) is 37.1 Å². The summed E-state index contributed by atoms with van der Waals surface area (Å²) in [5, 5.41) is 1.13. The lowest BCUT2D eigenvalue weighted by molar-refractivity contribution is 0.409. The number of aryl methyl sites for hydroxylation is 2. The molecule has 2 N–H and O–H groups in total. The molecule has 0 radical (unpaired) electrons. The van der Waals surface area contributed by atoms with Gasteiger partial charge in [-0.25, -0.2) is 0 Å². The van der Waals surface area contributed by atoms with E-state index >= 15 is 0 Å². The summed E-state index contributed by atoms with van der Waals surface area (Å²) in [4.78, 5) is 0. The Labute approximate surface area is 107 Å². The van der Waals surface area contributed by atoms with E-state index in [0.29, 0.717) is 6.54 Å². The molecule has 0 fully saturated rings. The number of hydrogen-bond donors (Lipinski definition) is 1. The molecule has 2 aromatic rings. The maximum atomic E-state index is 5.59. The Morgan fingerprint density at radius 1 is 1.17 bits per heavy atom. The molecule has 1 heterocycles. The molecule has 0 unspecified atom stereocenters. The van der Waals surface area contributed by atoms with E-state index in [1.54, 1.807) is 14.2 Å². The number of rotatable bonds is 5. The van der Waals surface area contributed by atoms with E-state index in [1.165, 1.54) is 5.56 Å². The second kappa shape index (κ2) is 5.31. The zero-order chi connectivity index (χ0) is 13.1. The molecule has 0 saturated carbocycles. The second-order valence-corrected chi connectivity index (χ2v) is 4.35. The van der Waals surface area contributed by atoms with Gasteiger partial charge in [0.2, 0.25) is 0 Å². The van der Waals surface area contributed by atoms with Crippen molar-refractivity contribution in [2.75, 3.05) is 20.8 Å². The van der Waals surface area contributed by atoms with Crippen molar-refractivity contribution in [1.82, 2.24) is 4.57 Å². The smallest absolute Gasteiger partial charge is 0.143 e. The molecule has 98 valence electrons. The van der Waals surface area contributed by atoms with Crippen molar-refractivity contribution in [3.63, 3.8) is 0 Å². The fraction of sp³-hybridized carbons (Fsp3) is 0.429. The van der Waals surface area contributed by atoms with Gasteiger partial charge in [0.1, 0.15) is 11.5 Å². The third kappa shape index (κ3) is 2.04. The van der Waals surface area contributed by atoms with Crippen LogP contribution in [0.1, 0.15) is 12.0 Å². The lowest BCUT2D eigenvalue weighted by Crippen LogP contribution is -2.00. The monoisotopic (exact) mass is 248 g/mol. The first-order chi connectivity index (χ1) is 8.72. The summed E-state index contributed by atoms with van der Waals surface area (Å²) in [6.45, 7) is 0.697. The van der Waals surface area contributed by atoms with Crippen molar-refractivity contribution < 1.29 is 9.47 Å². The first kappa shape index (κ1) is 12.8. The predicted octanol–water partition coefficient (Wildman–Crippen LogP) is 2.09. The Kier molecular flexibility index (Phi) is 3.77. The summed E-state index contributed by atoms with van der Waals surface area (Å²) in [5.74, 6) is 1.76. The van der Waals surface area contributed by atoms with Gasteiger partial charge >= 0.3 is 0 Å². The van der Waals surface area contributed by atoms with Gasteiger partial charge in [-0.1, -0.05) is 0 Å². The van der Waals surface area contributed by atoms with Crippen LogP contribution >= 0.6 is 0 Å². The quantitative estimate of drug-likeness (QED) is 0.881. The number of nitrogens with zero attached hydrogens (tertiary/aromatic N) is 1. The zero-order valence-corrected chi connectivity index (χ0v) is 11.2. The lowest BCUT2D eigenvalue weighted by Gasteiger charge is -2.09. The van der Waals surface area contributed by atoms with Crippen LogP contribution in [0.2, 0.25) is 0 Å². The number of methoxy groups -OCH3 is 2. The molecule has 1 aromatic carbocycles. The Bertz CT molecular complexity index is 546. The fourth-order valence-corrected chi connectivity index (χ4v) is 2.39. The molecule has 0 spiro atoms. The maximum Gasteiger partial charge on any atom is 0.143 e. The van der Waals surface area contributed by atoms with Crippen LogP contribution in [0.15, 0.2) is 18.3 Å². The van der Waals surface area contributed by atoms with Gasteiger partial charge in [-0.2, -0.15) is 0 Å². The van der Waals surface area contributed by atoms with Gasteiger partial charge in [0.05, 0.1) is 19.7 Å². The largest absolute Gasteiger partial charge is 0.496 e. The number of fused-ring (bicyclic) bond motifs is 1. The molecule has 4 nitrogen and oxygen atoms in total. The maximum absolute atomic E-state index is 5.59. The third-order valence-corrected chi connectivity index (χ3v) is 3.22. The summed E-state index contributed by atoms with van der Waals surface area (Å²) in [7, 11) is 5.41. The van der Waals surface area contributed by atoms with E-state index < -0.39 is 0 Å². The highest BCUT2D eigenvalue weighted by molar-refractivity contribution is 5.94. The van der Waals surface area contributed by atoms with Crippen LogP contribution in [-0.4, -0.2) is 25.3 Å². The van der Waals surface area contributed by atoms with E-state index in [4.69, 9.17) is 15.2 Å². The highest BCUT2D eigenvalue weighted by Gasteiger charge is 2.15. The van der Waals surface area contributed by atoms with Crippen LogP contribution in [0.4, 0.5) is 0 Å². The first-order valence-electron chi connectivity index (χ1n) is 6.11. The molecule has 0 aliphatic heterocycles. The number of ether oxygens (including phenoxy) is 2. The first-order valence-corrected chi connectivity index (χ1v) is 6.11. The van der Waals surface area contributed by atoms with Crippen molar-refractivity contribution in [1.29, 1.82) is 0 Å². The Balaban J connectivity index is 2.65. The molecule has 0 amide bonds. The van der Waals surface area contributed by atoms with E-state index in [-0.39, 0.29) is 0 Å². The molecule has 18 heavy (non-hydrogen) atoms. The van der Waals surface area contributed by atoms with Gasteiger partial charge in [0, 0.05) is 18.6 Å². The van der Waals surface area contributed by atoms with E-state index in [2.05, 4.69) is 10.8 Å². The molecule has 1 aromatic heterocycles. The van der Waals surface area contributed by atoms with Gasteiger partial charge in [-0.3, -0.25) is 0 Å². The van der Waals surface area contributed by atoms with Gasteiger partial charge < -0.3 is 19.8 Å². The normalized spacial score (nSPS) is 10.9. The van der Waals surface area contributed by atoms with Crippen molar-refractivity contribution in [2.24, 2.45) is 12.8 Å². The number of nitrogens with two attached hydrogens (primary N) is 1. The average Bonchev–Trinajstić information content (AvgIpc) is 2.73. The van der Waals surface area contributed by atoms with Crippen molar-refractivity contribution >= 4 is 10.9 Å². The predicted molar refractivity (Wildman–Crippen MR) is 73.4 cm³/mol. The highest BCUT2D eigenvalue weighted by atomic mass is 16.5. The van der Waals surface area contributed by atoms with E-state index in [1.807, 2.05) is 19.2 Å². The second-order valence-electron chi connectivity index (χ2n) is 4.35. The SMILES string of the molecule is COc1ccc(OC)c2c1c(CCCN)cn2C. The van der Waals surface area contributed by atoms with Crippen LogP contribution in [-0.2, 0) is 13.5 Å². The summed E-state index contributed by atoms with van der Waals surface area (Å²) in [6.07, 6.45) is 4.06. The molecule has 0 atom stereocenters. The van der Waals surface area contributed by atoms with Crippen molar-refractivity contribution in [3.05, 3.63) is 23.9 Å². The summed E-state index contributed by atoms with van der Waals surface area (Å²) in [5.41, 5.74) is 7.92. The van der Waals surface area contributed by atoms with Gasteiger partial charge in [-0.15, -0.1) is 0 Å². The van der Waals surface area contributed by atoms with Gasteiger partial charge in [0.15, 0.2) is 0 Å². The molecule has 0 saturated heterocycles. The topological polar surface area (TPSA) is 49.4 Å². The molecule has 0 bridgehead atoms. The highest BCUT2D eigenvalue weighted by Crippen LogP contribution is 2.36. The summed E-state index contributed by atoms with van der Waals surface area (Å²) < 4.78 is 13.0.